The van der Waals surface area contributed by atoms with Crippen molar-refractivity contribution in [3.05, 3.63) is 0 Å². The molecule has 0 saturated carbocycles. The Hall–Kier alpha value is -0.320. The molecule has 0 fully saturated rings. The lowest BCUT2D eigenvalue weighted by Gasteiger charge is -2.14. The van der Waals surface area contributed by atoms with Crippen molar-refractivity contribution in [3.63, 3.8) is 0 Å². The molecule has 0 spiro atoms. The van der Waals surface area contributed by atoms with Crippen molar-refractivity contribution in [1.29, 1.82) is 0 Å². The molecule has 154 valence electrons. The first kappa shape index (κ1) is 26.9. The summed E-state index contributed by atoms with van der Waals surface area (Å²) in [5.41, 5.74) is 16.5. The minimum absolute atomic E-state index is 0.0673. The number of nitrogens with two attached hydrogens (primary N) is 3. The van der Waals surface area contributed by atoms with E-state index in [-0.39, 0.29) is 24.2 Å². The summed E-state index contributed by atoms with van der Waals surface area (Å²) in [4.78, 5) is 0. The molecule has 0 amide bonds. The highest BCUT2D eigenvalue weighted by molar-refractivity contribution is 4.53. The van der Waals surface area contributed by atoms with Crippen molar-refractivity contribution in [3.8, 4) is 0 Å². The molecule has 0 rings (SSSR count). The number of ether oxygens (including phenoxy) is 5. The van der Waals surface area contributed by atoms with E-state index in [1.165, 1.54) is 0 Å². The average Bonchev–Trinajstić information content (AvgIpc) is 2.51. The van der Waals surface area contributed by atoms with E-state index in [1.807, 2.05) is 27.7 Å². The Kier molecular flexibility index (Phi) is 21.5. The van der Waals surface area contributed by atoms with Gasteiger partial charge in [-0.3, -0.25) is 0 Å². The van der Waals surface area contributed by atoms with Gasteiger partial charge < -0.3 is 40.9 Å². The molecule has 0 aromatic rings. The summed E-state index contributed by atoms with van der Waals surface area (Å²) < 4.78 is 25.9. The molecule has 6 N–H and O–H groups in total. The Morgan fingerprint density at radius 3 is 1.48 bits per heavy atom. The largest absolute Gasteiger partial charge is 0.382 e. The summed E-state index contributed by atoms with van der Waals surface area (Å²) in [6, 6.07) is 0.273. The van der Waals surface area contributed by atoms with Crippen molar-refractivity contribution in [1.82, 2.24) is 0 Å². The first-order valence-electron chi connectivity index (χ1n) is 8.90. The molecule has 0 heterocycles. The zero-order valence-corrected chi connectivity index (χ0v) is 16.7. The number of hydrogen-bond donors (Lipinski definition) is 3. The molecule has 4 atom stereocenters. The Bertz CT molecular complexity index is 256. The van der Waals surface area contributed by atoms with Crippen LogP contribution in [0.5, 0.6) is 0 Å². The van der Waals surface area contributed by atoms with Crippen LogP contribution in [0.3, 0.4) is 0 Å². The van der Waals surface area contributed by atoms with Gasteiger partial charge >= 0.3 is 0 Å². The normalized spacial score (nSPS) is 15.8. The van der Waals surface area contributed by atoms with Crippen LogP contribution in [0.4, 0.5) is 0 Å². The fourth-order valence-corrected chi connectivity index (χ4v) is 1.46. The van der Waals surface area contributed by atoms with E-state index in [0.29, 0.717) is 52.9 Å². The lowest BCUT2D eigenvalue weighted by atomic mass is 10.4. The molecule has 0 aromatic heterocycles. The monoisotopic (exact) mass is 367 g/mol. The number of methoxy groups -OCH3 is 1. The van der Waals surface area contributed by atoms with Gasteiger partial charge in [-0.1, -0.05) is 0 Å². The minimum atomic E-state index is 0.0673. The summed E-state index contributed by atoms with van der Waals surface area (Å²) >= 11 is 0. The van der Waals surface area contributed by atoms with Crippen LogP contribution in [-0.2, 0) is 23.7 Å². The fraction of sp³-hybridized carbons (Fsp3) is 1.00. The molecule has 4 unspecified atom stereocenters. The quantitative estimate of drug-likeness (QED) is 0.349. The summed E-state index contributed by atoms with van der Waals surface area (Å²) in [5.74, 6) is 0. The van der Waals surface area contributed by atoms with Gasteiger partial charge in [0.2, 0.25) is 0 Å². The predicted octanol–water partition coefficient (Wildman–Crippen LogP) is 0.116. The lowest BCUT2D eigenvalue weighted by Crippen LogP contribution is -2.26. The second kappa shape index (κ2) is 20.0. The highest BCUT2D eigenvalue weighted by Gasteiger charge is 2.03. The van der Waals surface area contributed by atoms with E-state index in [2.05, 4.69) is 0 Å². The number of hydrogen-bond acceptors (Lipinski definition) is 8. The van der Waals surface area contributed by atoms with Gasteiger partial charge in [-0.15, -0.1) is 0 Å². The highest BCUT2D eigenvalue weighted by Crippen LogP contribution is 1.93. The lowest BCUT2D eigenvalue weighted by molar-refractivity contribution is -0.0319. The van der Waals surface area contributed by atoms with Gasteiger partial charge in [0, 0.05) is 25.2 Å². The highest BCUT2D eigenvalue weighted by atomic mass is 16.5. The van der Waals surface area contributed by atoms with Gasteiger partial charge in [-0.25, -0.2) is 0 Å². The molecule has 0 radical (unpaired) electrons. The predicted molar refractivity (Wildman–Crippen MR) is 101 cm³/mol. The second-order valence-electron chi connectivity index (χ2n) is 6.29. The Morgan fingerprint density at radius 2 is 1.04 bits per heavy atom. The minimum Gasteiger partial charge on any atom is -0.382 e. The molecule has 0 aromatic carbocycles. The van der Waals surface area contributed by atoms with E-state index >= 15 is 0 Å². The van der Waals surface area contributed by atoms with Gasteiger partial charge in [-0.05, 0) is 27.7 Å². The van der Waals surface area contributed by atoms with Crippen molar-refractivity contribution in [2.75, 3.05) is 60.0 Å². The molecule has 0 aliphatic carbocycles. The molecule has 0 bridgehead atoms. The maximum absolute atomic E-state index is 5.55. The second-order valence-corrected chi connectivity index (χ2v) is 6.29. The summed E-state index contributed by atoms with van der Waals surface area (Å²) in [7, 11) is 1.65. The van der Waals surface area contributed by atoms with E-state index < -0.39 is 0 Å². The van der Waals surface area contributed by atoms with E-state index in [4.69, 9.17) is 40.9 Å². The topological polar surface area (TPSA) is 124 Å². The van der Waals surface area contributed by atoms with Gasteiger partial charge in [0.05, 0.1) is 59.0 Å². The first-order valence-corrected chi connectivity index (χ1v) is 8.90. The fourth-order valence-electron chi connectivity index (χ4n) is 1.46. The molecular weight excluding hydrogens is 326 g/mol. The smallest absolute Gasteiger partial charge is 0.0781 e. The van der Waals surface area contributed by atoms with Gasteiger partial charge in [0.1, 0.15) is 0 Å². The zero-order chi connectivity index (χ0) is 19.5. The van der Waals surface area contributed by atoms with Gasteiger partial charge in [0.25, 0.3) is 0 Å². The van der Waals surface area contributed by atoms with Crippen LogP contribution >= 0.6 is 0 Å². The van der Waals surface area contributed by atoms with E-state index in [9.17, 15) is 0 Å². The molecule has 0 aliphatic heterocycles. The van der Waals surface area contributed by atoms with Crippen molar-refractivity contribution >= 4 is 0 Å². The average molecular weight is 368 g/mol. The third-order valence-electron chi connectivity index (χ3n) is 2.56. The molecule has 8 nitrogen and oxygen atoms in total. The van der Waals surface area contributed by atoms with Crippen LogP contribution < -0.4 is 17.2 Å². The number of rotatable bonds is 15. The van der Waals surface area contributed by atoms with Crippen LogP contribution in [0.1, 0.15) is 27.7 Å². The molecule has 25 heavy (non-hydrogen) atoms. The van der Waals surface area contributed by atoms with E-state index in [0.717, 1.165) is 0 Å². The third kappa shape index (κ3) is 28.7. The standard InChI is InChI=1S/C11H26N2O3.C6H15NO2/c1-9(12)6-14-4-5-16-11(3)8-15-7-10(2)13;1-6(7)5-9-4-3-8-2/h9-11H,4-8,12-13H2,1-3H3;6H,3-5,7H2,1-2H3. The Morgan fingerprint density at radius 1 is 0.600 bits per heavy atom. The van der Waals surface area contributed by atoms with Gasteiger partial charge in [0.15, 0.2) is 0 Å². The van der Waals surface area contributed by atoms with Crippen molar-refractivity contribution < 1.29 is 23.7 Å². The summed E-state index contributed by atoms with van der Waals surface area (Å²) in [6.07, 6.45) is 0.0673. The van der Waals surface area contributed by atoms with Crippen LogP contribution in [0.25, 0.3) is 0 Å². The van der Waals surface area contributed by atoms with Crippen LogP contribution in [-0.4, -0.2) is 84.2 Å². The zero-order valence-electron chi connectivity index (χ0n) is 16.7. The van der Waals surface area contributed by atoms with Crippen LogP contribution in [0.15, 0.2) is 0 Å². The third-order valence-corrected chi connectivity index (χ3v) is 2.56. The van der Waals surface area contributed by atoms with E-state index in [1.54, 1.807) is 7.11 Å². The first-order chi connectivity index (χ1) is 11.8. The Balaban J connectivity index is 0. The van der Waals surface area contributed by atoms with Crippen LogP contribution in [0.2, 0.25) is 0 Å². The van der Waals surface area contributed by atoms with Gasteiger partial charge in [-0.2, -0.15) is 0 Å². The van der Waals surface area contributed by atoms with Crippen molar-refractivity contribution in [2.45, 2.75) is 51.9 Å². The molecule has 0 aliphatic rings. The van der Waals surface area contributed by atoms with Crippen molar-refractivity contribution in [2.24, 2.45) is 17.2 Å². The SMILES string of the molecule is CC(N)COCCOC(C)COCC(C)N.COCCOCC(C)N. The molecule has 0 saturated heterocycles. The Labute approximate surface area is 153 Å². The van der Waals surface area contributed by atoms with Crippen LogP contribution in [0, 0.1) is 0 Å². The summed E-state index contributed by atoms with van der Waals surface area (Å²) in [5, 5.41) is 0. The summed E-state index contributed by atoms with van der Waals surface area (Å²) in [6.45, 7) is 12.4. The maximum atomic E-state index is 5.55. The molecular formula is C17H41N3O5. The maximum Gasteiger partial charge on any atom is 0.0781 e. The molecule has 8 heteroatoms.